The van der Waals surface area contributed by atoms with E-state index in [1.807, 2.05) is 17.8 Å². The normalized spacial score (nSPS) is 11.4. The highest BCUT2D eigenvalue weighted by Gasteiger charge is 2.25. The molecule has 3 N–H and O–H groups in total. The van der Waals surface area contributed by atoms with E-state index in [1.165, 1.54) is 6.07 Å². The van der Waals surface area contributed by atoms with Crippen LogP contribution in [-0.4, -0.2) is 22.5 Å². The SMILES string of the molecule is CCC(CC)(CNc1cccc(F)c1C(N)=S)SC. The van der Waals surface area contributed by atoms with Crippen LogP contribution in [0, 0.1) is 5.82 Å². The first kappa shape index (κ1) is 16.2. The van der Waals surface area contributed by atoms with Gasteiger partial charge in [0, 0.05) is 17.0 Å². The highest BCUT2D eigenvalue weighted by molar-refractivity contribution is 8.00. The zero-order valence-electron chi connectivity index (χ0n) is 11.6. The number of rotatable bonds is 7. The summed E-state index contributed by atoms with van der Waals surface area (Å²) in [6.07, 6.45) is 4.21. The molecule has 0 bridgehead atoms. The van der Waals surface area contributed by atoms with E-state index >= 15 is 0 Å². The summed E-state index contributed by atoms with van der Waals surface area (Å²) in [5.74, 6) is -0.375. The molecule has 0 fully saturated rings. The van der Waals surface area contributed by atoms with E-state index in [2.05, 4.69) is 25.4 Å². The maximum absolute atomic E-state index is 13.8. The maximum atomic E-state index is 13.8. The summed E-state index contributed by atoms with van der Waals surface area (Å²) >= 11 is 6.76. The molecule has 0 saturated carbocycles. The largest absolute Gasteiger partial charge is 0.389 e. The van der Waals surface area contributed by atoms with E-state index in [9.17, 15) is 4.39 Å². The van der Waals surface area contributed by atoms with Gasteiger partial charge in [-0.3, -0.25) is 0 Å². The van der Waals surface area contributed by atoms with E-state index in [1.54, 1.807) is 6.07 Å². The number of thiocarbonyl (C=S) groups is 1. The zero-order valence-corrected chi connectivity index (χ0v) is 13.3. The van der Waals surface area contributed by atoms with Crippen molar-refractivity contribution in [3.8, 4) is 0 Å². The van der Waals surface area contributed by atoms with Crippen molar-refractivity contribution >= 4 is 34.7 Å². The number of hydrogen-bond donors (Lipinski definition) is 2. The van der Waals surface area contributed by atoms with E-state index in [0.717, 1.165) is 19.4 Å². The van der Waals surface area contributed by atoms with Gasteiger partial charge in [-0.05, 0) is 31.2 Å². The van der Waals surface area contributed by atoms with Crippen molar-refractivity contribution in [2.75, 3.05) is 18.1 Å². The topological polar surface area (TPSA) is 38.0 Å². The molecule has 0 aliphatic rings. The molecular weight excluding hydrogens is 279 g/mol. The lowest BCUT2D eigenvalue weighted by molar-refractivity contribution is 0.574. The van der Waals surface area contributed by atoms with Crippen LogP contribution in [0.3, 0.4) is 0 Å². The van der Waals surface area contributed by atoms with Crippen LogP contribution in [0.15, 0.2) is 18.2 Å². The van der Waals surface area contributed by atoms with Crippen molar-refractivity contribution in [1.29, 1.82) is 0 Å². The lowest BCUT2D eigenvalue weighted by Crippen LogP contribution is -2.32. The number of anilines is 1. The van der Waals surface area contributed by atoms with Crippen molar-refractivity contribution in [3.05, 3.63) is 29.6 Å². The Bertz CT molecular complexity index is 437. The first-order valence-corrected chi connectivity index (χ1v) is 8.00. The first-order valence-electron chi connectivity index (χ1n) is 6.37. The van der Waals surface area contributed by atoms with Crippen molar-refractivity contribution in [2.24, 2.45) is 5.73 Å². The molecule has 1 aromatic carbocycles. The summed E-state index contributed by atoms with van der Waals surface area (Å²) in [4.78, 5) is 0.0864. The number of halogens is 1. The van der Waals surface area contributed by atoms with Crippen LogP contribution in [0.1, 0.15) is 32.3 Å². The molecule has 2 nitrogen and oxygen atoms in total. The van der Waals surface area contributed by atoms with Gasteiger partial charge in [-0.15, -0.1) is 0 Å². The van der Waals surface area contributed by atoms with Gasteiger partial charge in [0.05, 0.1) is 5.56 Å². The average molecular weight is 300 g/mol. The van der Waals surface area contributed by atoms with E-state index in [4.69, 9.17) is 18.0 Å². The smallest absolute Gasteiger partial charge is 0.135 e. The predicted octanol–water partition coefficient (Wildman–Crippen LogP) is 3.79. The Kier molecular flexibility index (Phi) is 6.07. The Morgan fingerprint density at radius 2 is 2.05 bits per heavy atom. The Morgan fingerprint density at radius 1 is 1.42 bits per heavy atom. The Morgan fingerprint density at radius 3 is 2.53 bits per heavy atom. The van der Waals surface area contributed by atoms with Crippen LogP contribution in [0.25, 0.3) is 0 Å². The van der Waals surface area contributed by atoms with Gasteiger partial charge in [0.25, 0.3) is 0 Å². The highest BCUT2D eigenvalue weighted by atomic mass is 32.2. The molecule has 0 unspecified atom stereocenters. The Labute approximate surface area is 124 Å². The molecule has 0 saturated heterocycles. The molecule has 0 aromatic heterocycles. The molecule has 0 heterocycles. The molecule has 0 aliphatic carbocycles. The number of nitrogens with two attached hydrogens (primary N) is 1. The first-order chi connectivity index (χ1) is 8.99. The van der Waals surface area contributed by atoms with Crippen molar-refractivity contribution in [1.82, 2.24) is 0 Å². The third-order valence-electron chi connectivity index (χ3n) is 3.58. The second-order valence-corrected chi connectivity index (χ2v) is 6.19. The summed E-state index contributed by atoms with van der Waals surface area (Å²) in [6.45, 7) is 5.10. The molecule has 1 rings (SSSR count). The molecule has 19 heavy (non-hydrogen) atoms. The van der Waals surface area contributed by atoms with Crippen LogP contribution in [0.5, 0.6) is 0 Å². The maximum Gasteiger partial charge on any atom is 0.135 e. The second kappa shape index (κ2) is 7.10. The molecule has 0 amide bonds. The summed E-state index contributed by atoms with van der Waals surface area (Å²) in [6, 6.07) is 4.85. The monoisotopic (exact) mass is 300 g/mol. The van der Waals surface area contributed by atoms with Gasteiger partial charge in [-0.2, -0.15) is 11.8 Å². The molecule has 1 aromatic rings. The average Bonchev–Trinajstić information content (AvgIpc) is 2.40. The van der Waals surface area contributed by atoms with Gasteiger partial charge in [0.2, 0.25) is 0 Å². The molecule has 0 aliphatic heterocycles. The van der Waals surface area contributed by atoms with Gasteiger partial charge in [0.1, 0.15) is 10.8 Å². The van der Waals surface area contributed by atoms with Crippen LogP contribution in [-0.2, 0) is 0 Å². The minimum atomic E-state index is -0.375. The van der Waals surface area contributed by atoms with Crippen LogP contribution >= 0.6 is 24.0 Å². The molecule has 0 spiro atoms. The molecule has 5 heteroatoms. The van der Waals surface area contributed by atoms with Gasteiger partial charge >= 0.3 is 0 Å². The van der Waals surface area contributed by atoms with Crippen LogP contribution < -0.4 is 11.1 Å². The second-order valence-electron chi connectivity index (χ2n) is 4.47. The predicted molar refractivity (Wildman–Crippen MR) is 87.6 cm³/mol. The van der Waals surface area contributed by atoms with E-state index in [-0.39, 0.29) is 15.6 Å². The summed E-state index contributed by atoms with van der Waals surface area (Å²) < 4.78 is 13.9. The summed E-state index contributed by atoms with van der Waals surface area (Å²) in [7, 11) is 0. The van der Waals surface area contributed by atoms with Gasteiger partial charge < -0.3 is 11.1 Å². The molecule has 106 valence electrons. The zero-order chi connectivity index (χ0) is 14.5. The minimum Gasteiger partial charge on any atom is -0.389 e. The van der Waals surface area contributed by atoms with Gasteiger partial charge in [-0.1, -0.05) is 32.1 Å². The Hall–Kier alpha value is -0.810. The van der Waals surface area contributed by atoms with Crippen LogP contribution in [0.4, 0.5) is 10.1 Å². The summed E-state index contributed by atoms with van der Waals surface area (Å²) in [5.41, 5.74) is 6.58. The number of hydrogen-bond acceptors (Lipinski definition) is 3. The molecule has 0 radical (unpaired) electrons. The third-order valence-corrected chi connectivity index (χ3v) is 5.37. The summed E-state index contributed by atoms with van der Waals surface area (Å²) in [5, 5.41) is 3.30. The number of thioether (sulfide) groups is 1. The fraction of sp³-hybridized carbons (Fsp3) is 0.500. The number of nitrogens with one attached hydrogen (secondary N) is 1. The molecule has 0 atom stereocenters. The van der Waals surface area contributed by atoms with Crippen molar-refractivity contribution in [3.63, 3.8) is 0 Å². The quantitative estimate of drug-likeness (QED) is 0.751. The van der Waals surface area contributed by atoms with E-state index < -0.39 is 0 Å². The highest BCUT2D eigenvalue weighted by Crippen LogP contribution is 2.31. The van der Waals surface area contributed by atoms with E-state index in [0.29, 0.717) is 11.3 Å². The fourth-order valence-corrected chi connectivity index (χ4v) is 3.04. The van der Waals surface area contributed by atoms with Gasteiger partial charge in [0.15, 0.2) is 0 Å². The number of benzene rings is 1. The fourth-order valence-electron chi connectivity index (χ4n) is 2.04. The van der Waals surface area contributed by atoms with Gasteiger partial charge in [-0.25, -0.2) is 4.39 Å². The lowest BCUT2D eigenvalue weighted by Gasteiger charge is -2.30. The lowest BCUT2D eigenvalue weighted by atomic mass is 10.0. The minimum absolute atomic E-state index is 0.0864. The van der Waals surface area contributed by atoms with Crippen molar-refractivity contribution in [2.45, 2.75) is 31.4 Å². The standard InChI is InChI=1S/C14H21FN2S2/c1-4-14(5-2,19-3)9-17-11-8-6-7-10(15)12(11)13(16)18/h6-8,17H,4-5,9H2,1-3H3,(H2,16,18). The third kappa shape index (κ3) is 3.83. The van der Waals surface area contributed by atoms with Crippen molar-refractivity contribution < 1.29 is 4.39 Å². The molecular formula is C14H21FN2S2. The Balaban J connectivity index is 2.95. The van der Waals surface area contributed by atoms with Crippen LogP contribution in [0.2, 0.25) is 0 Å².